The van der Waals surface area contributed by atoms with E-state index in [1.165, 1.54) is 23.1 Å². The minimum atomic E-state index is -2.19. The van der Waals surface area contributed by atoms with Crippen molar-refractivity contribution < 1.29 is 29.3 Å². The van der Waals surface area contributed by atoms with Crippen LogP contribution in [0.4, 0.5) is 5.69 Å². The van der Waals surface area contributed by atoms with Gasteiger partial charge >= 0.3 is 5.97 Å². The molecule has 5 rings (SSSR count). The Kier molecular flexibility index (Phi) is 10.2. The van der Waals surface area contributed by atoms with Crippen LogP contribution in [0.25, 0.3) is 0 Å². The first kappa shape index (κ1) is 33.3. The van der Waals surface area contributed by atoms with Gasteiger partial charge in [-0.2, -0.15) is 0 Å². The average molecular weight is 639 g/mol. The molecule has 2 N–H and O–H groups in total. The number of fused-ring (bicyclic) bond motifs is 4. The summed E-state index contributed by atoms with van der Waals surface area (Å²) >= 11 is 6.40. The Morgan fingerprint density at radius 1 is 1.13 bits per heavy atom. The van der Waals surface area contributed by atoms with Crippen LogP contribution < -0.4 is 9.64 Å². The van der Waals surface area contributed by atoms with Crippen molar-refractivity contribution >= 4 is 29.2 Å². The Bertz CT molecular complexity index is 1430. The number of amides is 1. The normalized spacial score (nSPS) is 29.9. The van der Waals surface area contributed by atoms with Crippen LogP contribution in [0.2, 0.25) is 5.02 Å². The van der Waals surface area contributed by atoms with Crippen molar-refractivity contribution in [3.63, 3.8) is 0 Å². The fourth-order valence-corrected chi connectivity index (χ4v) is 7.70. The summed E-state index contributed by atoms with van der Waals surface area (Å²) in [6.45, 7) is 4.05. The third kappa shape index (κ3) is 6.88. The molecule has 45 heavy (non-hydrogen) atoms. The number of benzene rings is 2. The fraction of sp³-hybridized carbons (Fsp3) is 0.556. The van der Waals surface area contributed by atoms with E-state index in [2.05, 4.69) is 24.0 Å². The molecule has 1 aliphatic heterocycles. The number of rotatable bonds is 4. The molecule has 0 aromatic heterocycles. The van der Waals surface area contributed by atoms with E-state index in [9.17, 15) is 19.8 Å². The van der Waals surface area contributed by atoms with Crippen molar-refractivity contribution in [1.82, 2.24) is 4.90 Å². The topological polar surface area (TPSA) is 99.5 Å². The summed E-state index contributed by atoms with van der Waals surface area (Å²) in [4.78, 5) is 30.4. The minimum absolute atomic E-state index is 0.120. The summed E-state index contributed by atoms with van der Waals surface area (Å²) in [6, 6.07) is 11.3. The average Bonchev–Trinajstić information content (AvgIpc) is 3.00. The Morgan fingerprint density at radius 2 is 1.93 bits per heavy atom. The molecule has 9 heteroatoms. The second-order valence-electron chi connectivity index (χ2n) is 13.4. The number of halogens is 1. The quantitative estimate of drug-likeness (QED) is 0.342. The van der Waals surface area contributed by atoms with Crippen LogP contribution in [-0.4, -0.2) is 74.0 Å². The highest BCUT2D eigenvalue weighted by atomic mass is 35.5. The maximum atomic E-state index is 13.3. The molecule has 5 atom stereocenters. The van der Waals surface area contributed by atoms with Crippen molar-refractivity contribution in [2.75, 3.05) is 45.8 Å². The van der Waals surface area contributed by atoms with Crippen molar-refractivity contribution in [1.29, 1.82) is 0 Å². The van der Waals surface area contributed by atoms with Crippen molar-refractivity contribution in [2.45, 2.75) is 75.4 Å². The van der Waals surface area contributed by atoms with E-state index in [0.717, 1.165) is 42.8 Å². The number of carbonyl (C=O) groups is 2. The van der Waals surface area contributed by atoms with Crippen LogP contribution in [0.15, 0.2) is 48.6 Å². The number of hydrogen-bond acceptors (Lipinski definition) is 7. The number of allylic oxidation sites excluding steroid dienone is 1. The maximum Gasteiger partial charge on any atom is 0.343 e. The van der Waals surface area contributed by atoms with Crippen LogP contribution >= 0.6 is 11.6 Å². The molecule has 3 aliphatic rings. The SMILES string of the molecule is COC(=O)[C@]1(O)CC(=O)N(C)CCC/C=C\[C@H](O)[C@@H]2CC[C@H]2CN(C[C@]2(C)CCCc3cc(Cl)ccc32)c2cc1ccc2OC. The molecule has 1 amide bonds. The van der Waals surface area contributed by atoms with Crippen molar-refractivity contribution in [3.8, 4) is 5.75 Å². The zero-order valence-corrected chi connectivity index (χ0v) is 27.7. The molecule has 1 fully saturated rings. The van der Waals surface area contributed by atoms with Gasteiger partial charge in [0.2, 0.25) is 5.91 Å². The number of nitrogens with zero attached hydrogens (tertiary/aromatic N) is 2. The van der Waals surface area contributed by atoms with Gasteiger partial charge < -0.3 is 29.5 Å². The number of aliphatic hydroxyl groups is 2. The van der Waals surface area contributed by atoms with E-state index >= 15 is 0 Å². The lowest BCUT2D eigenvalue weighted by Crippen LogP contribution is -2.48. The first-order valence-electron chi connectivity index (χ1n) is 16.1. The smallest absolute Gasteiger partial charge is 0.343 e. The van der Waals surface area contributed by atoms with E-state index in [4.69, 9.17) is 21.1 Å². The summed E-state index contributed by atoms with van der Waals surface area (Å²) in [5.74, 6) is -0.305. The van der Waals surface area contributed by atoms with Gasteiger partial charge in [-0.05, 0) is 97.7 Å². The van der Waals surface area contributed by atoms with Crippen LogP contribution in [-0.2, 0) is 31.8 Å². The highest BCUT2D eigenvalue weighted by Crippen LogP contribution is 2.45. The number of anilines is 1. The van der Waals surface area contributed by atoms with Gasteiger partial charge in [0.25, 0.3) is 0 Å². The molecule has 1 saturated carbocycles. The van der Waals surface area contributed by atoms with Gasteiger partial charge in [-0.15, -0.1) is 0 Å². The van der Waals surface area contributed by atoms with Gasteiger partial charge in [0.1, 0.15) is 5.75 Å². The van der Waals surface area contributed by atoms with Crippen LogP contribution in [0.5, 0.6) is 5.75 Å². The number of aryl methyl sites for hydroxylation is 1. The molecule has 1 heterocycles. The van der Waals surface area contributed by atoms with Gasteiger partial charge in [-0.3, -0.25) is 4.79 Å². The van der Waals surface area contributed by atoms with Crippen molar-refractivity contribution in [2.24, 2.45) is 11.8 Å². The molecule has 2 aliphatic carbocycles. The number of methoxy groups -OCH3 is 2. The van der Waals surface area contributed by atoms with E-state index < -0.39 is 24.1 Å². The standard InChI is InChI=1S/C36H47ClN2O6/c1-35(17-8-9-24-19-27(37)13-15-29(24)35)23-39-22-25-11-14-28(25)31(40)10-6-5-7-18-38(2)33(41)21-36(43,34(42)45-4)26-12-16-32(44-3)30(39)20-26/h6,10,12-13,15-16,19-20,25,28,31,40,43H,5,7-9,11,14,17-18,21-23H2,1-4H3/b10-6-/t25-,28+,31-,35-,36-/m0/s1. The number of aliphatic hydroxyl groups excluding tert-OH is 1. The van der Waals surface area contributed by atoms with Gasteiger partial charge in [0.15, 0.2) is 5.60 Å². The van der Waals surface area contributed by atoms with E-state index in [1.807, 2.05) is 18.2 Å². The van der Waals surface area contributed by atoms with Gasteiger partial charge in [0, 0.05) is 37.1 Å². The summed E-state index contributed by atoms with van der Waals surface area (Å²) in [5.41, 5.74) is 1.12. The van der Waals surface area contributed by atoms with Gasteiger partial charge in [-0.1, -0.05) is 42.8 Å². The molecule has 0 radical (unpaired) electrons. The highest BCUT2D eigenvalue weighted by molar-refractivity contribution is 6.30. The lowest BCUT2D eigenvalue weighted by atomic mass is 9.68. The lowest BCUT2D eigenvalue weighted by Gasteiger charge is -2.46. The second kappa shape index (κ2) is 13.7. The highest BCUT2D eigenvalue weighted by Gasteiger charge is 2.44. The molecule has 0 saturated heterocycles. The lowest BCUT2D eigenvalue weighted by molar-refractivity contribution is -0.168. The predicted molar refractivity (Wildman–Crippen MR) is 176 cm³/mol. The first-order valence-corrected chi connectivity index (χ1v) is 16.5. The third-order valence-electron chi connectivity index (χ3n) is 10.4. The second-order valence-corrected chi connectivity index (χ2v) is 13.8. The Hall–Kier alpha value is -3.07. The largest absolute Gasteiger partial charge is 0.495 e. The summed E-state index contributed by atoms with van der Waals surface area (Å²) < 4.78 is 11.0. The van der Waals surface area contributed by atoms with E-state index in [-0.39, 0.29) is 28.7 Å². The van der Waals surface area contributed by atoms with E-state index in [0.29, 0.717) is 38.2 Å². The summed E-state index contributed by atoms with van der Waals surface area (Å²) in [7, 11) is 4.50. The molecule has 2 aromatic carbocycles. The molecular weight excluding hydrogens is 592 g/mol. The van der Waals surface area contributed by atoms with Crippen LogP contribution in [0, 0.1) is 11.8 Å². The van der Waals surface area contributed by atoms with Gasteiger partial charge in [0.05, 0.1) is 32.4 Å². The predicted octanol–water partition coefficient (Wildman–Crippen LogP) is 5.40. The molecule has 244 valence electrons. The van der Waals surface area contributed by atoms with Gasteiger partial charge in [-0.25, -0.2) is 4.79 Å². The monoisotopic (exact) mass is 638 g/mol. The Morgan fingerprint density at radius 3 is 2.64 bits per heavy atom. The molecule has 8 nitrogen and oxygen atoms in total. The molecule has 0 spiro atoms. The number of hydrogen-bond donors (Lipinski definition) is 2. The zero-order valence-electron chi connectivity index (χ0n) is 26.9. The number of carbonyl (C=O) groups excluding carboxylic acids is 2. The van der Waals surface area contributed by atoms with Crippen LogP contribution in [0.3, 0.4) is 0 Å². The fourth-order valence-electron chi connectivity index (χ4n) is 7.51. The van der Waals surface area contributed by atoms with E-state index in [1.54, 1.807) is 32.4 Å². The first-order chi connectivity index (χ1) is 21.5. The van der Waals surface area contributed by atoms with Crippen molar-refractivity contribution in [3.05, 3.63) is 70.3 Å². The zero-order chi connectivity index (χ0) is 32.4. The molecule has 2 aromatic rings. The summed E-state index contributed by atoms with van der Waals surface area (Å²) in [6.07, 6.45) is 9.22. The number of ether oxygens (including phenoxy) is 2. The maximum absolute atomic E-state index is 13.3. The molecule has 2 bridgehead atoms. The molecular formula is C36H47ClN2O6. The Labute approximate surface area is 272 Å². The third-order valence-corrected chi connectivity index (χ3v) is 10.6. The minimum Gasteiger partial charge on any atom is -0.495 e. The summed E-state index contributed by atoms with van der Waals surface area (Å²) in [5, 5.41) is 23.8. The van der Waals surface area contributed by atoms with Crippen LogP contribution in [0.1, 0.15) is 68.6 Å². The number of esters is 1. The molecule has 0 unspecified atom stereocenters. The Balaban J connectivity index is 1.63.